The smallest absolute Gasteiger partial charge is 0.373 e. The highest BCUT2D eigenvalue weighted by molar-refractivity contribution is 5.94. The van der Waals surface area contributed by atoms with Gasteiger partial charge in [0.1, 0.15) is 5.82 Å². The summed E-state index contributed by atoms with van der Waals surface area (Å²) in [6, 6.07) is 0.528. The Bertz CT molecular complexity index is 974. The van der Waals surface area contributed by atoms with Gasteiger partial charge >= 0.3 is 12.4 Å². The van der Waals surface area contributed by atoms with Crippen molar-refractivity contribution in [2.75, 3.05) is 17.7 Å². The van der Waals surface area contributed by atoms with E-state index in [9.17, 15) is 31.1 Å². The molecule has 1 amide bonds. The Morgan fingerprint density at radius 3 is 1.97 bits per heavy atom. The van der Waals surface area contributed by atoms with Crippen LogP contribution in [0.5, 0.6) is 0 Å². The molecule has 6 nitrogen and oxygen atoms in total. The molecule has 0 bridgehead atoms. The molecular weight excluding hydrogens is 488 g/mol. The molecule has 2 aromatic rings. The zero-order chi connectivity index (χ0) is 24.4. The van der Waals surface area contributed by atoms with Crippen LogP contribution in [0, 0.1) is 6.92 Å². The summed E-state index contributed by atoms with van der Waals surface area (Å²) < 4.78 is 78.2. The molecule has 1 fully saturated rings. The normalized spacial score (nSPS) is 18.6. The van der Waals surface area contributed by atoms with Crippen molar-refractivity contribution in [1.82, 2.24) is 15.3 Å². The minimum Gasteiger partial charge on any atom is -0.373 e. The number of hydrogen-bond donors (Lipinski definition) is 3. The molecule has 1 aromatic carbocycles. The average molecular weight is 512 g/mol. The highest BCUT2D eigenvalue weighted by atomic mass is 35.5. The number of amides is 1. The molecule has 1 aliphatic carbocycles. The highest BCUT2D eigenvalue weighted by Gasteiger charge is 2.37. The van der Waals surface area contributed by atoms with Gasteiger partial charge in [-0.05, 0) is 50.8 Å². The van der Waals surface area contributed by atoms with E-state index in [2.05, 4.69) is 25.9 Å². The second-order valence-electron chi connectivity index (χ2n) is 7.94. The fourth-order valence-electron chi connectivity index (χ4n) is 3.68. The Labute approximate surface area is 198 Å². The Balaban J connectivity index is 0.00000408. The lowest BCUT2D eigenvalue weighted by Gasteiger charge is -2.30. The molecule has 1 aromatic heterocycles. The van der Waals surface area contributed by atoms with Crippen LogP contribution in [0.3, 0.4) is 0 Å². The van der Waals surface area contributed by atoms with Crippen LogP contribution in [0.25, 0.3) is 0 Å². The van der Waals surface area contributed by atoms with E-state index in [-0.39, 0.29) is 30.6 Å². The molecule has 0 unspecified atom stereocenters. The van der Waals surface area contributed by atoms with Crippen molar-refractivity contribution in [3.8, 4) is 0 Å². The van der Waals surface area contributed by atoms with Gasteiger partial charge in [0, 0.05) is 36.5 Å². The van der Waals surface area contributed by atoms with Gasteiger partial charge in [0.05, 0.1) is 11.1 Å². The molecule has 13 heteroatoms. The molecule has 188 valence electrons. The number of aryl methyl sites for hydroxylation is 1. The monoisotopic (exact) mass is 511 g/mol. The maximum absolute atomic E-state index is 13.0. The number of hydrogen-bond acceptors (Lipinski definition) is 5. The van der Waals surface area contributed by atoms with Gasteiger partial charge in [0.15, 0.2) is 0 Å². The van der Waals surface area contributed by atoms with E-state index in [1.165, 1.54) is 0 Å². The molecule has 0 saturated heterocycles. The maximum Gasteiger partial charge on any atom is 0.416 e. The summed E-state index contributed by atoms with van der Waals surface area (Å²) >= 11 is 0. The highest BCUT2D eigenvalue weighted by Crippen LogP contribution is 2.36. The van der Waals surface area contributed by atoms with Gasteiger partial charge in [-0.1, -0.05) is 0 Å². The largest absolute Gasteiger partial charge is 0.416 e. The first-order chi connectivity index (χ1) is 15.4. The van der Waals surface area contributed by atoms with Crippen LogP contribution in [0.15, 0.2) is 24.4 Å². The van der Waals surface area contributed by atoms with Crippen LogP contribution < -0.4 is 16.0 Å². The van der Waals surface area contributed by atoms with Crippen molar-refractivity contribution in [1.29, 1.82) is 0 Å². The van der Waals surface area contributed by atoms with E-state index in [1.807, 2.05) is 6.92 Å². The van der Waals surface area contributed by atoms with Crippen LogP contribution in [0.4, 0.5) is 38.1 Å². The molecule has 1 aliphatic rings. The van der Waals surface area contributed by atoms with E-state index in [1.54, 1.807) is 13.2 Å². The van der Waals surface area contributed by atoms with E-state index >= 15 is 0 Å². The number of halogens is 7. The Kier molecular flexibility index (Phi) is 8.62. The number of anilines is 2. The fraction of sp³-hybridized carbons (Fsp3) is 0.476. The lowest BCUT2D eigenvalue weighted by Crippen LogP contribution is -2.40. The molecule has 34 heavy (non-hydrogen) atoms. The van der Waals surface area contributed by atoms with Crippen LogP contribution in [-0.4, -0.2) is 35.0 Å². The Hall–Kier alpha value is -2.76. The predicted molar refractivity (Wildman–Crippen MR) is 117 cm³/mol. The van der Waals surface area contributed by atoms with E-state index < -0.39 is 35.0 Å². The Morgan fingerprint density at radius 2 is 1.47 bits per heavy atom. The summed E-state index contributed by atoms with van der Waals surface area (Å²) in [7, 11) is 1.75. The molecule has 0 atom stereocenters. The summed E-state index contributed by atoms with van der Waals surface area (Å²) in [6.45, 7) is 1.87. The number of carbonyl (C=O) groups is 1. The van der Waals surface area contributed by atoms with Gasteiger partial charge in [0.2, 0.25) is 5.95 Å². The number of nitrogens with one attached hydrogen (secondary N) is 3. The zero-order valence-corrected chi connectivity index (χ0v) is 19.1. The van der Waals surface area contributed by atoms with Crippen molar-refractivity contribution in [2.24, 2.45) is 0 Å². The number of rotatable bonds is 5. The summed E-state index contributed by atoms with van der Waals surface area (Å²) in [5.41, 5.74) is -2.83. The summed E-state index contributed by atoms with van der Waals surface area (Å²) in [4.78, 5) is 21.0. The van der Waals surface area contributed by atoms with Crippen LogP contribution in [-0.2, 0) is 12.4 Å². The standard InChI is InChI=1S/C21H23F6N5O.ClH/c1-11-10-29-19(32-17(11)28-2)31-16-5-3-15(4-6-16)30-18(33)12-7-13(20(22,23)24)9-14(8-12)21(25,26)27;/h7-10,15-16H,3-6H2,1-2H3,(H,30,33)(H2,28,29,31,32);1H/t15-,16+;. The van der Waals surface area contributed by atoms with Crippen molar-refractivity contribution in [3.05, 3.63) is 46.6 Å². The number of alkyl halides is 6. The first kappa shape index (κ1) is 27.5. The van der Waals surface area contributed by atoms with Gasteiger partial charge in [-0.3, -0.25) is 4.79 Å². The quantitative estimate of drug-likeness (QED) is 0.466. The topological polar surface area (TPSA) is 78.9 Å². The minimum absolute atomic E-state index is 0. The lowest BCUT2D eigenvalue weighted by atomic mass is 9.91. The molecule has 0 spiro atoms. The Morgan fingerprint density at radius 1 is 0.941 bits per heavy atom. The van der Waals surface area contributed by atoms with Crippen LogP contribution in [0.2, 0.25) is 0 Å². The van der Waals surface area contributed by atoms with Gasteiger partial charge in [-0.25, -0.2) is 4.98 Å². The number of aromatic nitrogens is 2. The van der Waals surface area contributed by atoms with Crippen molar-refractivity contribution >= 4 is 30.1 Å². The number of nitrogens with zero attached hydrogens (tertiary/aromatic N) is 2. The third-order valence-corrected chi connectivity index (χ3v) is 5.45. The van der Waals surface area contributed by atoms with Crippen molar-refractivity contribution < 1.29 is 31.1 Å². The predicted octanol–water partition coefficient (Wildman–Crippen LogP) is 5.44. The second-order valence-corrected chi connectivity index (χ2v) is 7.94. The van der Waals surface area contributed by atoms with Gasteiger partial charge in [-0.15, -0.1) is 12.4 Å². The van der Waals surface area contributed by atoms with Crippen molar-refractivity contribution in [3.63, 3.8) is 0 Å². The molecule has 1 saturated carbocycles. The van der Waals surface area contributed by atoms with Gasteiger partial charge < -0.3 is 16.0 Å². The molecule has 3 rings (SSSR count). The van der Waals surface area contributed by atoms with Crippen LogP contribution in [0.1, 0.15) is 52.7 Å². The summed E-state index contributed by atoms with van der Waals surface area (Å²) in [5, 5.41) is 8.74. The van der Waals surface area contributed by atoms with E-state index in [0.717, 1.165) is 5.56 Å². The second kappa shape index (κ2) is 10.7. The van der Waals surface area contributed by atoms with E-state index in [4.69, 9.17) is 0 Å². The van der Waals surface area contributed by atoms with Gasteiger partial charge in [0.25, 0.3) is 5.91 Å². The van der Waals surface area contributed by atoms with Gasteiger partial charge in [-0.2, -0.15) is 31.3 Å². The summed E-state index contributed by atoms with van der Waals surface area (Å²) in [6.07, 6.45) is -6.10. The number of benzene rings is 1. The third-order valence-electron chi connectivity index (χ3n) is 5.45. The molecular formula is C21H24ClF6N5O. The first-order valence-corrected chi connectivity index (χ1v) is 10.2. The minimum atomic E-state index is -5.01. The molecule has 0 radical (unpaired) electrons. The summed E-state index contributed by atoms with van der Waals surface area (Å²) in [5.74, 6) is 0.164. The first-order valence-electron chi connectivity index (χ1n) is 10.2. The molecule has 3 N–H and O–H groups in total. The number of carbonyl (C=O) groups excluding carboxylic acids is 1. The maximum atomic E-state index is 13.0. The van der Waals surface area contributed by atoms with Crippen molar-refractivity contribution in [2.45, 2.75) is 57.0 Å². The molecule has 0 aliphatic heterocycles. The fourth-order valence-corrected chi connectivity index (χ4v) is 3.68. The average Bonchev–Trinajstić information content (AvgIpc) is 2.75. The lowest BCUT2D eigenvalue weighted by molar-refractivity contribution is -0.143. The zero-order valence-electron chi connectivity index (χ0n) is 18.3. The molecule has 1 heterocycles. The van der Waals surface area contributed by atoms with Crippen LogP contribution >= 0.6 is 12.4 Å². The third kappa shape index (κ3) is 6.87. The van der Waals surface area contributed by atoms with E-state index in [0.29, 0.717) is 49.6 Å². The SMILES string of the molecule is CNc1nc(N[C@H]2CC[C@@H](NC(=O)c3cc(C(F)(F)F)cc(C(F)(F)F)c3)CC2)ncc1C.Cl.